The average Bonchev–Trinajstić information content (AvgIpc) is 3.08. The molecule has 7 heteroatoms. The van der Waals surface area contributed by atoms with Crippen LogP contribution in [0.5, 0.6) is 5.75 Å². The lowest BCUT2D eigenvalue weighted by molar-refractivity contribution is -0.140. The molecule has 4 rings (SSSR count). The molecule has 1 aliphatic rings. The van der Waals surface area contributed by atoms with Crippen LogP contribution in [0, 0.1) is 0 Å². The molecule has 1 aromatic carbocycles. The third kappa shape index (κ3) is 4.23. The van der Waals surface area contributed by atoms with E-state index in [2.05, 4.69) is 9.97 Å². The molecule has 0 saturated carbocycles. The van der Waals surface area contributed by atoms with Crippen LogP contribution in [0.1, 0.15) is 36.2 Å². The van der Waals surface area contributed by atoms with Gasteiger partial charge in [-0.05, 0) is 48.4 Å². The number of nitrogens with zero attached hydrogens (tertiary/aromatic N) is 3. The number of Topliss-reactive ketones (excluding diaryl/α,β-unsaturated/α-hetero) is 1. The molecule has 1 fully saturated rings. The lowest BCUT2D eigenvalue weighted by Crippen LogP contribution is -2.29. The van der Waals surface area contributed by atoms with Crippen LogP contribution in [0.15, 0.2) is 78.8 Å². The lowest BCUT2D eigenvalue weighted by Gasteiger charge is -2.24. The minimum absolute atomic E-state index is 0.00963. The van der Waals surface area contributed by atoms with Crippen molar-refractivity contribution in [2.75, 3.05) is 6.61 Å². The van der Waals surface area contributed by atoms with Gasteiger partial charge in [0.2, 0.25) is 0 Å². The maximum Gasteiger partial charge on any atom is 0.296 e. The molecule has 1 amide bonds. The van der Waals surface area contributed by atoms with Gasteiger partial charge >= 0.3 is 0 Å². The van der Waals surface area contributed by atoms with Crippen LogP contribution in [-0.2, 0) is 16.1 Å². The second kappa shape index (κ2) is 9.43. The Labute approximate surface area is 186 Å². The smallest absolute Gasteiger partial charge is 0.296 e. The number of amides is 1. The summed E-state index contributed by atoms with van der Waals surface area (Å²) in [7, 11) is 0. The van der Waals surface area contributed by atoms with Gasteiger partial charge in [0.05, 0.1) is 17.9 Å². The van der Waals surface area contributed by atoms with Crippen LogP contribution in [0.4, 0.5) is 0 Å². The van der Waals surface area contributed by atoms with E-state index in [1.165, 1.54) is 4.90 Å². The van der Waals surface area contributed by atoms with Gasteiger partial charge in [0.25, 0.3) is 11.7 Å². The predicted molar refractivity (Wildman–Crippen MR) is 119 cm³/mol. The maximum absolute atomic E-state index is 13.1. The Morgan fingerprint density at radius 3 is 2.59 bits per heavy atom. The van der Waals surface area contributed by atoms with E-state index in [9.17, 15) is 14.7 Å². The first-order chi connectivity index (χ1) is 15.6. The summed E-state index contributed by atoms with van der Waals surface area (Å²) >= 11 is 0. The summed E-state index contributed by atoms with van der Waals surface area (Å²) in [6.45, 7) is 2.72. The van der Waals surface area contributed by atoms with Crippen LogP contribution in [0.2, 0.25) is 0 Å². The molecule has 1 saturated heterocycles. The number of likely N-dealkylation sites (tertiary alicyclic amines) is 1. The van der Waals surface area contributed by atoms with Gasteiger partial charge in [-0.15, -0.1) is 0 Å². The first-order valence-electron chi connectivity index (χ1n) is 10.4. The second-order valence-electron chi connectivity index (χ2n) is 7.41. The number of ketones is 1. The van der Waals surface area contributed by atoms with E-state index < -0.39 is 17.7 Å². The highest BCUT2D eigenvalue weighted by molar-refractivity contribution is 6.46. The van der Waals surface area contributed by atoms with E-state index in [1.807, 2.05) is 6.92 Å². The molecule has 32 heavy (non-hydrogen) atoms. The fourth-order valence-corrected chi connectivity index (χ4v) is 3.68. The largest absolute Gasteiger partial charge is 0.507 e. The van der Waals surface area contributed by atoms with Gasteiger partial charge in [0.1, 0.15) is 17.6 Å². The van der Waals surface area contributed by atoms with Crippen LogP contribution < -0.4 is 4.74 Å². The topological polar surface area (TPSA) is 92.6 Å². The molecule has 0 aliphatic carbocycles. The van der Waals surface area contributed by atoms with Gasteiger partial charge in [-0.1, -0.05) is 25.1 Å². The summed E-state index contributed by atoms with van der Waals surface area (Å²) in [5.74, 6) is -1.10. The van der Waals surface area contributed by atoms with Crippen LogP contribution >= 0.6 is 0 Å². The minimum Gasteiger partial charge on any atom is -0.507 e. The Hall–Kier alpha value is -4.00. The van der Waals surface area contributed by atoms with Crippen LogP contribution in [0.3, 0.4) is 0 Å². The second-order valence-corrected chi connectivity index (χ2v) is 7.41. The van der Waals surface area contributed by atoms with E-state index in [4.69, 9.17) is 4.74 Å². The number of aromatic nitrogens is 2. The zero-order valence-electron chi connectivity index (χ0n) is 17.6. The Morgan fingerprint density at radius 1 is 1.06 bits per heavy atom. The van der Waals surface area contributed by atoms with Crippen molar-refractivity contribution in [3.63, 3.8) is 0 Å². The maximum atomic E-state index is 13.1. The van der Waals surface area contributed by atoms with E-state index in [0.29, 0.717) is 23.6 Å². The van der Waals surface area contributed by atoms with Crippen molar-refractivity contribution in [2.24, 2.45) is 0 Å². The molecule has 0 radical (unpaired) electrons. The zero-order valence-corrected chi connectivity index (χ0v) is 17.6. The van der Waals surface area contributed by atoms with Crippen molar-refractivity contribution in [1.29, 1.82) is 0 Å². The molecule has 2 aromatic heterocycles. The fourth-order valence-electron chi connectivity index (χ4n) is 3.68. The number of aliphatic hydroxyl groups excluding tert-OH is 1. The van der Waals surface area contributed by atoms with Crippen molar-refractivity contribution >= 4 is 17.4 Å². The third-order valence-corrected chi connectivity index (χ3v) is 5.19. The van der Waals surface area contributed by atoms with Crippen molar-refractivity contribution in [3.05, 3.63) is 95.6 Å². The minimum atomic E-state index is -0.815. The van der Waals surface area contributed by atoms with Gasteiger partial charge < -0.3 is 14.7 Å². The molecule has 1 unspecified atom stereocenters. The van der Waals surface area contributed by atoms with Gasteiger partial charge in [-0.3, -0.25) is 19.6 Å². The SMILES string of the molecule is CCCOc1cccc(/C(O)=C2/C(=O)C(=O)N(Cc3ccncc3)C2c2ccccn2)c1. The Morgan fingerprint density at radius 2 is 1.88 bits per heavy atom. The zero-order chi connectivity index (χ0) is 22.5. The number of aliphatic hydroxyl groups is 1. The number of carbonyl (C=O) groups excluding carboxylic acids is 2. The quantitative estimate of drug-likeness (QED) is 0.348. The first-order valence-corrected chi connectivity index (χ1v) is 10.4. The molecule has 0 spiro atoms. The van der Waals surface area contributed by atoms with Crippen LogP contribution in [-0.4, -0.2) is 38.3 Å². The van der Waals surface area contributed by atoms with Crippen molar-refractivity contribution in [2.45, 2.75) is 25.9 Å². The summed E-state index contributed by atoms with van der Waals surface area (Å²) < 4.78 is 5.65. The van der Waals surface area contributed by atoms with Crippen molar-refractivity contribution in [1.82, 2.24) is 14.9 Å². The van der Waals surface area contributed by atoms with Crippen molar-refractivity contribution < 1.29 is 19.4 Å². The van der Waals surface area contributed by atoms with Gasteiger partial charge in [-0.25, -0.2) is 0 Å². The van der Waals surface area contributed by atoms with Crippen LogP contribution in [0.25, 0.3) is 5.76 Å². The molecule has 3 heterocycles. The number of benzene rings is 1. The summed E-state index contributed by atoms with van der Waals surface area (Å²) in [6.07, 6.45) is 5.70. The normalized spacial score (nSPS) is 17.5. The molecule has 1 N–H and O–H groups in total. The monoisotopic (exact) mass is 429 g/mol. The van der Waals surface area contributed by atoms with Crippen molar-refractivity contribution in [3.8, 4) is 5.75 Å². The summed E-state index contributed by atoms with van der Waals surface area (Å²) in [6, 6.07) is 14.9. The summed E-state index contributed by atoms with van der Waals surface area (Å²) in [4.78, 5) is 35.9. The van der Waals surface area contributed by atoms with E-state index in [1.54, 1.807) is 73.2 Å². The number of pyridine rings is 2. The molecule has 3 aromatic rings. The fraction of sp³-hybridized carbons (Fsp3) is 0.200. The molecule has 0 bridgehead atoms. The van der Waals surface area contributed by atoms with E-state index in [0.717, 1.165) is 12.0 Å². The molecule has 1 atom stereocenters. The average molecular weight is 429 g/mol. The first kappa shape index (κ1) is 21.2. The Kier molecular flexibility index (Phi) is 6.26. The summed E-state index contributed by atoms with van der Waals surface area (Å²) in [5.41, 5.74) is 1.73. The summed E-state index contributed by atoms with van der Waals surface area (Å²) in [5, 5.41) is 11.2. The van der Waals surface area contributed by atoms with Gasteiger partial charge in [-0.2, -0.15) is 0 Å². The number of rotatable bonds is 7. The van der Waals surface area contributed by atoms with Gasteiger partial charge in [0.15, 0.2) is 0 Å². The van der Waals surface area contributed by atoms with Gasteiger partial charge in [0, 0.05) is 30.7 Å². The highest BCUT2D eigenvalue weighted by Gasteiger charge is 2.46. The molecule has 1 aliphatic heterocycles. The standard InChI is InChI=1S/C25H23N3O4/c1-2-14-32-19-7-5-6-18(15-19)23(29)21-22(20-8-3-4-11-27-20)28(25(31)24(21)30)16-17-9-12-26-13-10-17/h3-13,15,22,29H,2,14,16H2,1H3/b23-21-. The van der Waals surface area contributed by atoms with E-state index >= 15 is 0 Å². The third-order valence-electron chi connectivity index (χ3n) is 5.19. The highest BCUT2D eigenvalue weighted by Crippen LogP contribution is 2.39. The lowest BCUT2D eigenvalue weighted by atomic mass is 9.98. The number of ether oxygens (including phenoxy) is 1. The molecule has 7 nitrogen and oxygen atoms in total. The number of carbonyl (C=O) groups is 2. The number of hydrogen-bond donors (Lipinski definition) is 1. The van der Waals surface area contributed by atoms with E-state index in [-0.39, 0.29) is 17.9 Å². The Bertz CT molecular complexity index is 1150. The number of hydrogen-bond acceptors (Lipinski definition) is 6. The molecular weight excluding hydrogens is 406 g/mol. The Balaban J connectivity index is 1.80. The predicted octanol–water partition coefficient (Wildman–Crippen LogP) is 3.89. The molecular formula is C25H23N3O4. The molecule has 162 valence electrons. The highest BCUT2D eigenvalue weighted by atomic mass is 16.5.